The molecule has 1 aliphatic heterocycles. The highest BCUT2D eigenvalue weighted by molar-refractivity contribution is 5.95. The molecule has 7 nitrogen and oxygen atoms in total. The number of urea groups is 1. The standard InChI is InChI=1S/C20H23N3O4/c1-4-26-19(24)17-15(12-23(3)14-8-6-5-7-9-14)21-20(25)22-18(17)16-11-10-13(2)27-16/h5-11,18H,4,12H2,1-3H3,(H2,21,22,25). The van der Waals surface area contributed by atoms with E-state index in [4.69, 9.17) is 9.15 Å². The summed E-state index contributed by atoms with van der Waals surface area (Å²) in [6, 6.07) is 12.2. The highest BCUT2D eigenvalue weighted by atomic mass is 16.5. The van der Waals surface area contributed by atoms with Gasteiger partial charge in [0.1, 0.15) is 17.6 Å². The van der Waals surface area contributed by atoms with Crippen molar-refractivity contribution in [3.05, 3.63) is 65.3 Å². The van der Waals surface area contributed by atoms with Crippen LogP contribution in [0.15, 0.2) is 58.2 Å². The van der Waals surface area contributed by atoms with Crippen LogP contribution in [0.3, 0.4) is 0 Å². The van der Waals surface area contributed by atoms with Gasteiger partial charge in [-0.1, -0.05) is 18.2 Å². The molecule has 0 fully saturated rings. The fourth-order valence-electron chi connectivity index (χ4n) is 3.03. The van der Waals surface area contributed by atoms with Gasteiger partial charge < -0.3 is 24.7 Å². The number of esters is 1. The number of amides is 2. The fraction of sp³-hybridized carbons (Fsp3) is 0.300. The van der Waals surface area contributed by atoms with Crippen molar-refractivity contribution in [3.8, 4) is 0 Å². The number of likely N-dealkylation sites (N-methyl/N-ethyl adjacent to an activating group) is 1. The van der Waals surface area contributed by atoms with E-state index in [2.05, 4.69) is 10.6 Å². The van der Waals surface area contributed by atoms with Gasteiger partial charge in [0.05, 0.1) is 24.4 Å². The average molecular weight is 369 g/mol. The summed E-state index contributed by atoms with van der Waals surface area (Å²) in [5.74, 6) is 0.703. The summed E-state index contributed by atoms with van der Waals surface area (Å²) in [6.45, 7) is 4.13. The zero-order valence-electron chi connectivity index (χ0n) is 15.6. The van der Waals surface area contributed by atoms with Crippen molar-refractivity contribution in [1.82, 2.24) is 10.6 Å². The summed E-state index contributed by atoms with van der Waals surface area (Å²) in [7, 11) is 1.89. The quantitative estimate of drug-likeness (QED) is 0.765. The molecule has 1 aromatic heterocycles. The summed E-state index contributed by atoms with van der Waals surface area (Å²) in [5.41, 5.74) is 1.79. The van der Waals surface area contributed by atoms with Gasteiger partial charge >= 0.3 is 12.0 Å². The van der Waals surface area contributed by atoms with Gasteiger partial charge in [0, 0.05) is 12.7 Å². The Morgan fingerprint density at radius 3 is 2.59 bits per heavy atom. The van der Waals surface area contributed by atoms with E-state index < -0.39 is 18.0 Å². The van der Waals surface area contributed by atoms with Crippen LogP contribution >= 0.6 is 0 Å². The van der Waals surface area contributed by atoms with Gasteiger partial charge in [-0.3, -0.25) is 0 Å². The largest absolute Gasteiger partial charge is 0.464 e. The highest BCUT2D eigenvalue weighted by Crippen LogP contribution is 2.29. The van der Waals surface area contributed by atoms with E-state index in [1.165, 1.54) is 0 Å². The molecule has 0 radical (unpaired) electrons. The second-order valence-electron chi connectivity index (χ2n) is 6.28. The molecule has 1 unspecified atom stereocenters. The van der Waals surface area contributed by atoms with Crippen molar-refractivity contribution in [2.45, 2.75) is 19.9 Å². The molecule has 0 saturated carbocycles. The van der Waals surface area contributed by atoms with Crippen LogP contribution in [-0.4, -0.2) is 32.2 Å². The number of ether oxygens (including phenoxy) is 1. The first-order valence-corrected chi connectivity index (χ1v) is 8.79. The van der Waals surface area contributed by atoms with Gasteiger partial charge in [0.15, 0.2) is 0 Å². The van der Waals surface area contributed by atoms with E-state index in [1.807, 2.05) is 49.2 Å². The first kappa shape index (κ1) is 18.6. The molecular formula is C20H23N3O4. The first-order valence-electron chi connectivity index (χ1n) is 8.79. The molecule has 2 aromatic rings. The van der Waals surface area contributed by atoms with Gasteiger partial charge in [-0.25, -0.2) is 9.59 Å². The SMILES string of the molecule is CCOC(=O)C1=C(CN(C)c2ccccc2)NC(=O)NC1c1ccc(C)o1. The Balaban J connectivity index is 2.00. The molecule has 3 rings (SSSR count). The molecule has 1 aliphatic rings. The Bertz CT molecular complexity index is 857. The third kappa shape index (κ3) is 4.13. The highest BCUT2D eigenvalue weighted by Gasteiger charge is 2.35. The smallest absolute Gasteiger partial charge is 0.338 e. The third-order valence-corrected chi connectivity index (χ3v) is 4.29. The summed E-state index contributed by atoms with van der Waals surface area (Å²) in [5, 5.41) is 5.52. The van der Waals surface area contributed by atoms with E-state index in [9.17, 15) is 9.59 Å². The summed E-state index contributed by atoms with van der Waals surface area (Å²) < 4.78 is 10.9. The zero-order chi connectivity index (χ0) is 19.4. The predicted molar refractivity (Wildman–Crippen MR) is 101 cm³/mol. The summed E-state index contributed by atoms with van der Waals surface area (Å²) in [4.78, 5) is 26.9. The van der Waals surface area contributed by atoms with E-state index >= 15 is 0 Å². The summed E-state index contributed by atoms with van der Waals surface area (Å²) in [6.07, 6.45) is 0. The van der Waals surface area contributed by atoms with E-state index in [0.717, 1.165) is 5.69 Å². The van der Waals surface area contributed by atoms with Crippen LogP contribution in [0, 0.1) is 6.92 Å². The minimum atomic E-state index is -0.703. The van der Waals surface area contributed by atoms with Gasteiger partial charge in [-0.2, -0.15) is 0 Å². The molecule has 0 bridgehead atoms. The molecule has 27 heavy (non-hydrogen) atoms. The number of carbonyl (C=O) groups excluding carboxylic acids is 2. The molecule has 1 aromatic carbocycles. The van der Waals surface area contributed by atoms with Crippen LogP contribution in [0.4, 0.5) is 10.5 Å². The number of hydrogen-bond acceptors (Lipinski definition) is 5. The lowest BCUT2D eigenvalue weighted by Gasteiger charge is -2.30. The first-order chi connectivity index (χ1) is 13.0. The number of aryl methyl sites for hydroxylation is 1. The van der Waals surface area contributed by atoms with Crippen LogP contribution in [0.25, 0.3) is 0 Å². The molecular weight excluding hydrogens is 346 g/mol. The molecule has 7 heteroatoms. The lowest BCUT2D eigenvalue weighted by Crippen LogP contribution is -2.48. The lowest BCUT2D eigenvalue weighted by atomic mass is 10.00. The van der Waals surface area contributed by atoms with Gasteiger partial charge in [-0.05, 0) is 38.1 Å². The van der Waals surface area contributed by atoms with Crippen LogP contribution in [0.2, 0.25) is 0 Å². The maximum absolute atomic E-state index is 12.7. The number of furan rings is 1. The molecule has 2 amide bonds. The molecule has 2 N–H and O–H groups in total. The number of nitrogens with one attached hydrogen (secondary N) is 2. The molecule has 142 valence electrons. The Hall–Kier alpha value is -3.22. The number of anilines is 1. The Labute approximate surface area is 158 Å². The number of para-hydroxylation sites is 1. The molecule has 0 saturated heterocycles. The minimum absolute atomic E-state index is 0.238. The number of rotatable bonds is 6. The number of benzene rings is 1. The lowest BCUT2D eigenvalue weighted by molar-refractivity contribution is -0.139. The number of carbonyl (C=O) groups is 2. The normalized spacial score (nSPS) is 16.6. The number of nitrogens with zero attached hydrogens (tertiary/aromatic N) is 1. The molecule has 1 atom stereocenters. The number of hydrogen-bond donors (Lipinski definition) is 2. The Morgan fingerprint density at radius 1 is 1.22 bits per heavy atom. The van der Waals surface area contributed by atoms with Crippen molar-refractivity contribution < 1.29 is 18.7 Å². The van der Waals surface area contributed by atoms with Crippen molar-refractivity contribution in [2.75, 3.05) is 25.1 Å². The topological polar surface area (TPSA) is 83.8 Å². The maximum Gasteiger partial charge on any atom is 0.338 e. The minimum Gasteiger partial charge on any atom is -0.464 e. The third-order valence-electron chi connectivity index (χ3n) is 4.29. The average Bonchev–Trinajstić information content (AvgIpc) is 3.08. The van der Waals surface area contributed by atoms with Crippen molar-refractivity contribution in [3.63, 3.8) is 0 Å². The Morgan fingerprint density at radius 2 is 1.96 bits per heavy atom. The van der Waals surface area contributed by atoms with Crippen LogP contribution in [0.5, 0.6) is 0 Å². The van der Waals surface area contributed by atoms with Gasteiger partial charge in [-0.15, -0.1) is 0 Å². The van der Waals surface area contributed by atoms with Gasteiger partial charge in [0.2, 0.25) is 0 Å². The van der Waals surface area contributed by atoms with E-state index in [1.54, 1.807) is 19.1 Å². The van der Waals surface area contributed by atoms with E-state index in [-0.39, 0.29) is 6.61 Å². The fourth-order valence-corrected chi connectivity index (χ4v) is 3.03. The van der Waals surface area contributed by atoms with Gasteiger partial charge in [0.25, 0.3) is 0 Å². The summed E-state index contributed by atoms with van der Waals surface area (Å²) >= 11 is 0. The van der Waals surface area contributed by atoms with E-state index in [0.29, 0.717) is 29.3 Å². The van der Waals surface area contributed by atoms with Crippen molar-refractivity contribution in [1.29, 1.82) is 0 Å². The van der Waals surface area contributed by atoms with Crippen LogP contribution < -0.4 is 15.5 Å². The van der Waals surface area contributed by atoms with Crippen LogP contribution in [0.1, 0.15) is 24.5 Å². The second-order valence-corrected chi connectivity index (χ2v) is 6.28. The maximum atomic E-state index is 12.7. The molecule has 0 spiro atoms. The van der Waals surface area contributed by atoms with Crippen molar-refractivity contribution >= 4 is 17.7 Å². The molecule has 0 aliphatic carbocycles. The monoisotopic (exact) mass is 369 g/mol. The zero-order valence-corrected chi connectivity index (χ0v) is 15.6. The molecule has 2 heterocycles. The van der Waals surface area contributed by atoms with Crippen molar-refractivity contribution in [2.24, 2.45) is 0 Å². The predicted octanol–water partition coefficient (Wildman–Crippen LogP) is 2.90. The van der Waals surface area contributed by atoms with Crippen LogP contribution in [-0.2, 0) is 9.53 Å². The Kier molecular flexibility index (Phi) is 5.49. The second kappa shape index (κ2) is 7.99.